The molecular formula is C52H34. The van der Waals surface area contributed by atoms with Gasteiger partial charge in [0.15, 0.2) is 0 Å². The number of hydrogen-bond donors (Lipinski definition) is 0. The fourth-order valence-corrected chi connectivity index (χ4v) is 8.16. The number of hydrogen-bond acceptors (Lipinski definition) is 0. The van der Waals surface area contributed by atoms with E-state index in [9.17, 15) is 0 Å². The molecule has 4 aliphatic carbocycles. The van der Waals surface area contributed by atoms with Gasteiger partial charge in [0.05, 0.1) is 0 Å². The van der Waals surface area contributed by atoms with Crippen LogP contribution < -0.4 is 0 Å². The van der Waals surface area contributed by atoms with Crippen LogP contribution in [0.2, 0.25) is 0 Å². The molecule has 52 heavy (non-hydrogen) atoms. The van der Waals surface area contributed by atoms with Crippen molar-refractivity contribution >= 4 is 53.2 Å². The SMILES string of the molecule is C1=CC=CC(=C2c3cc(C=C4c5ccccc5C=Cc5ccccc54)ccc3-c3ccc(C=C4c5ccccc5C=Cc5ccccc54)cc32)C=C1. The Kier molecular flexibility index (Phi) is 7.25. The quantitative estimate of drug-likeness (QED) is 0.173. The summed E-state index contributed by atoms with van der Waals surface area (Å²) in [4.78, 5) is 0. The summed E-state index contributed by atoms with van der Waals surface area (Å²) in [5, 5.41) is 0. The topological polar surface area (TPSA) is 0 Å². The zero-order chi connectivity index (χ0) is 34.4. The largest absolute Gasteiger partial charge is 0.0622 e. The zero-order valence-electron chi connectivity index (χ0n) is 28.6. The van der Waals surface area contributed by atoms with E-state index < -0.39 is 0 Å². The van der Waals surface area contributed by atoms with Crippen LogP contribution in [0.25, 0.3) is 64.3 Å². The average Bonchev–Trinajstić information content (AvgIpc) is 3.41. The van der Waals surface area contributed by atoms with Crippen molar-refractivity contribution in [3.63, 3.8) is 0 Å². The first kappa shape index (κ1) is 30.1. The Labute approximate surface area is 305 Å². The van der Waals surface area contributed by atoms with Crippen molar-refractivity contribution in [3.05, 3.63) is 242 Å². The first-order chi connectivity index (χ1) is 25.8. The van der Waals surface area contributed by atoms with Crippen molar-refractivity contribution in [1.82, 2.24) is 0 Å². The molecule has 0 bridgehead atoms. The van der Waals surface area contributed by atoms with Crippen LogP contribution in [0, 0.1) is 0 Å². The van der Waals surface area contributed by atoms with Gasteiger partial charge in [-0.15, -0.1) is 0 Å². The lowest BCUT2D eigenvalue weighted by Gasteiger charge is -2.13. The summed E-state index contributed by atoms with van der Waals surface area (Å²) in [6.45, 7) is 0. The van der Waals surface area contributed by atoms with E-state index in [0.29, 0.717) is 0 Å². The summed E-state index contributed by atoms with van der Waals surface area (Å²) >= 11 is 0. The summed E-state index contributed by atoms with van der Waals surface area (Å²) < 4.78 is 0. The van der Waals surface area contributed by atoms with E-state index in [1.165, 1.54) is 100 Å². The Morgan fingerprint density at radius 3 is 1.04 bits per heavy atom. The van der Waals surface area contributed by atoms with Crippen LogP contribution >= 0.6 is 0 Å². The van der Waals surface area contributed by atoms with Crippen molar-refractivity contribution in [3.8, 4) is 11.1 Å². The van der Waals surface area contributed by atoms with Gasteiger partial charge < -0.3 is 0 Å². The number of benzene rings is 6. The van der Waals surface area contributed by atoms with E-state index >= 15 is 0 Å². The van der Waals surface area contributed by atoms with Crippen LogP contribution in [0.3, 0.4) is 0 Å². The van der Waals surface area contributed by atoms with Crippen LogP contribution in [0.4, 0.5) is 0 Å². The second-order valence-electron chi connectivity index (χ2n) is 13.7. The third-order valence-electron chi connectivity index (χ3n) is 10.6. The van der Waals surface area contributed by atoms with Gasteiger partial charge in [0.1, 0.15) is 0 Å². The predicted molar refractivity (Wildman–Crippen MR) is 223 cm³/mol. The van der Waals surface area contributed by atoms with Crippen molar-refractivity contribution in [2.75, 3.05) is 0 Å². The summed E-state index contributed by atoms with van der Waals surface area (Å²) in [6, 6.07) is 48.9. The monoisotopic (exact) mass is 658 g/mol. The highest BCUT2D eigenvalue weighted by Gasteiger charge is 2.26. The van der Waals surface area contributed by atoms with Gasteiger partial charge in [-0.2, -0.15) is 0 Å². The molecule has 0 saturated carbocycles. The second-order valence-corrected chi connectivity index (χ2v) is 13.7. The highest BCUT2D eigenvalue weighted by Crippen LogP contribution is 2.48. The summed E-state index contributed by atoms with van der Waals surface area (Å²) in [6.07, 6.45) is 26.7. The van der Waals surface area contributed by atoms with Gasteiger partial charge in [0, 0.05) is 0 Å². The molecule has 4 aliphatic rings. The molecule has 242 valence electrons. The van der Waals surface area contributed by atoms with E-state index in [0.717, 1.165) is 0 Å². The highest BCUT2D eigenvalue weighted by molar-refractivity contribution is 6.07. The minimum atomic E-state index is 1.19. The smallest absolute Gasteiger partial charge is 0.00259 e. The normalized spacial score (nSPS) is 14.4. The molecule has 6 aromatic carbocycles. The molecule has 0 heteroatoms. The molecule has 0 aliphatic heterocycles. The van der Waals surface area contributed by atoms with Gasteiger partial charge in [-0.25, -0.2) is 0 Å². The third-order valence-corrected chi connectivity index (χ3v) is 10.6. The fourth-order valence-electron chi connectivity index (χ4n) is 8.16. The minimum Gasteiger partial charge on any atom is -0.0622 e. The Morgan fingerprint density at radius 2 is 0.654 bits per heavy atom. The zero-order valence-corrected chi connectivity index (χ0v) is 28.6. The lowest BCUT2D eigenvalue weighted by atomic mass is 9.90. The van der Waals surface area contributed by atoms with Crippen LogP contribution in [0.1, 0.15) is 66.8 Å². The number of fused-ring (bicyclic) bond motifs is 7. The minimum absolute atomic E-state index is 1.19. The van der Waals surface area contributed by atoms with E-state index in [1.54, 1.807) is 0 Å². The standard InChI is InChI=1S/C52H34/c1-2-4-18-41(17-3-1)52-50-33-35(31-48-42-19-9-5-13-37(42)25-26-38-14-6-10-20-43(38)48)23-29-46(50)47-30-24-36(34-51(47)52)32-49-44-21-11-7-15-39(44)27-28-40-16-8-12-22-45(40)49/h1-34H. The molecule has 0 saturated heterocycles. The molecule has 0 atom stereocenters. The summed E-state index contributed by atoms with van der Waals surface area (Å²) in [5.41, 5.74) is 22.4. The number of allylic oxidation sites excluding steroid dienone is 7. The van der Waals surface area contributed by atoms with Crippen molar-refractivity contribution in [1.29, 1.82) is 0 Å². The molecule has 10 rings (SSSR count). The molecule has 0 aromatic heterocycles. The maximum atomic E-state index is 2.40. The van der Waals surface area contributed by atoms with E-state index in [4.69, 9.17) is 0 Å². The summed E-state index contributed by atoms with van der Waals surface area (Å²) in [7, 11) is 0. The molecule has 0 radical (unpaired) electrons. The fraction of sp³-hybridized carbons (Fsp3) is 0. The van der Waals surface area contributed by atoms with Gasteiger partial charge in [-0.1, -0.05) is 182 Å². The Morgan fingerprint density at radius 1 is 0.288 bits per heavy atom. The Hall–Kier alpha value is -6.76. The lowest BCUT2D eigenvalue weighted by molar-refractivity contribution is 1.53. The molecule has 0 unspecified atom stereocenters. The highest BCUT2D eigenvalue weighted by atomic mass is 14.3. The Bertz CT molecular complexity index is 2420. The Balaban J connectivity index is 1.15. The molecule has 0 spiro atoms. The van der Waals surface area contributed by atoms with Crippen molar-refractivity contribution < 1.29 is 0 Å². The molecule has 0 nitrogen and oxygen atoms in total. The van der Waals surface area contributed by atoms with Gasteiger partial charge >= 0.3 is 0 Å². The third kappa shape index (κ3) is 5.16. The molecule has 0 N–H and O–H groups in total. The summed E-state index contributed by atoms with van der Waals surface area (Å²) in [5.74, 6) is 0. The van der Waals surface area contributed by atoms with E-state index in [-0.39, 0.29) is 0 Å². The van der Waals surface area contributed by atoms with Crippen molar-refractivity contribution in [2.45, 2.75) is 0 Å². The molecule has 0 amide bonds. The van der Waals surface area contributed by atoms with Gasteiger partial charge in [0.2, 0.25) is 0 Å². The van der Waals surface area contributed by atoms with Gasteiger partial charge in [-0.3, -0.25) is 0 Å². The van der Waals surface area contributed by atoms with Crippen LogP contribution in [0.15, 0.2) is 175 Å². The first-order valence-electron chi connectivity index (χ1n) is 18.0. The van der Waals surface area contributed by atoms with E-state index in [2.05, 4.69) is 206 Å². The van der Waals surface area contributed by atoms with Gasteiger partial charge in [0.25, 0.3) is 0 Å². The van der Waals surface area contributed by atoms with Crippen LogP contribution in [0.5, 0.6) is 0 Å². The lowest BCUT2D eigenvalue weighted by Crippen LogP contribution is -1.93. The second kappa shape index (κ2) is 12.5. The van der Waals surface area contributed by atoms with Crippen LogP contribution in [-0.2, 0) is 0 Å². The maximum Gasteiger partial charge on any atom is -0.00259 e. The average molecular weight is 659 g/mol. The van der Waals surface area contributed by atoms with Crippen molar-refractivity contribution in [2.24, 2.45) is 0 Å². The first-order valence-corrected chi connectivity index (χ1v) is 18.0. The predicted octanol–water partition coefficient (Wildman–Crippen LogP) is 13.3. The van der Waals surface area contributed by atoms with E-state index in [1.807, 2.05) is 0 Å². The molecule has 6 aromatic rings. The van der Waals surface area contributed by atoms with Gasteiger partial charge in [-0.05, 0) is 124 Å². The molecule has 0 fully saturated rings. The van der Waals surface area contributed by atoms with Crippen LogP contribution in [-0.4, -0.2) is 0 Å². The maximum absolute atomic E-state index is 2.40. The molecular weight excluding hydrogens is 625 g/mol. The molecule has 0 heterocycles. The number of rotatable bonds is 2.